The second-order valence-electron chi connectivity index (χ2n) is 9.98. The molecule has 1 amide bonds. The van der Waals surface area contributed by atoms with Crippen LogP contribution in [0.3, 0.4) is 0 Å². The lowest BCUT2D eigenvalue weighted by Gasteiger charge is -2.41. The first kappa shape index (κ1) is 23.9. The molecule has 186 valence electrons. The van der Waals surface area contributed by atoms with Gasteiger partial charge in [0.25, 0.3) is 5.91 Å². The van der Waals surface area contributed by atoms with Gasteiger partial charge in [0.1, 0.15) is 0 Å². The molecule has 5 rings (SSSR count). The molecule has 0 unspecified atom stereocenters. The van der Waals surface area contributed by atoms with Gasteiger partial charge in [-0.25, -0.2) is 14.8 Å². The van der Waals surface area contributed by atoms with Crippen molar-refractivity contribution >= 4 is 23.5 Å². The number of nitrogens with zero attached hydrogens (tertiary/aromatic N) is 4. The molecule has 2 aliphatic rings. The number of aryl methyl sites for hydroxylation is 2. The highest BCUT2D eigenvalue weighted by Gasteiger charge is 2.35. The number of piperidine rings is 1. The Hall–Kier alpha value is -3.78. The molecule has 36 heavy (non-hydrogen) atoms. The highest BCUT2D eigenvalue weighted by molar-refractivity contribution is 5.96. The van der Waals surface area contributed by atoms with E-state index in [1.54, 1.807) is 12.1 Å². The summed E-state index contributed by atoms with van der Waals surface area (Å²) in [7, 11) is 0. The Balaban J connectivity index is 1.21. The van der Waals surface area contributed by atoms with Gasteiger partial charge < -0.3 is 15.3 Å². The van der Waals surface area contributed by atoms with Crippen molar-refractivity contribution in [1.29, 1.82) is 0 Å². The fourth-order valence-electron chi connectivity index (χ4n) is 5.37. The standard InChI is InChI=1S/C28H31N5O3/c1-17-10-18(2)12-23(11-17)30-28-29-14-22-15-32(16-25(22)31-28)24-8-9-33(19(3)13-24)26(34)20-4-6-21(7-5-20)27(35)36/h4-7,10-12,14,19,24H,8-9,13,15-16H2,1-3H3,(H,35,36)(H,29,30,31)/t19-,24-/m0/s1. The molecule has 0 saturated carbocycles. The van der Waals surface area contributed by atoms with E-state index in [1.807, 2.05) is 11.1 Å². The van der Waals surface area contributed by atoms with Crippen LogP contribution in [0.15, 0.2) is 48.7 Å². The number of rotatable bonds is 5. The Labute approximate surface area is 211 Å². The highest BCUT2D eigenvalue weighted by Crippen LogP contribution is 2.31. The van der Waals surface area contributed by atoms with Crippen LogP contribution in [0, 0.1) is 13.8 Å². The fraction of sp³-hybridized carbons (Fsp3) is 0.357. The van der Waals surface area contributed by atoms with E-state index in [9.17, 15) is 9.59 Å². The summed E-state index contributed by atoms with van der Waals surface area (Å²) in [6, 6.07) is 12.9. The smallest absolute Gasteiger partial charge is 0.335 e. The third-order valence-electron chi connectivity index (χ3n) is 7.16. The minimum atomic E-state index is -0.993. The number of aromatic carboxylic acids is 1. The number of benzene rings is 2. The zero-order valence-corrected chi connectivity index (χ0v) is 20.9. The minimum absolute atomic E-state index is 0.0458. The first-order valence-corrected chi connectivity index (χ1v) is 12.4. The van der Waals surface area contributed by atoms with Crippen LogP contribution < -0.4 is 5.32 Å². The van der Waals surface area contributed by atoms with E-state index in [-0.39, 0.29) is 17.5 Å². The summed E-state index contributed by atoms with van der Waals surface area (Å²) in [5.74, 6) is -0.425. The summed E-state index contributed by atoms with van der Waals surface area (Å²) in [6.45, 7) is 8.51. The maximum Gasteiger partial charge on any atom is 0.335 e. The molecule has 3 heterocycles. The first-order chi connectivity index (χ1) is 17.3. The predicted octanol–water partition coefficient (Wildman–Crippen LogP) is 4.54. The zero-order valence-electron chi connectivity index (χ0n) is 20.9. The van der Waals surface area contributed by atoms with Crippen molar-refractivity contribution < 1.29 is 14.7 Å². The van der Waals surface area contributed by atoms with Crippen LogP contribution in [0.25, 0.3) is 0 Å². The van der Waals surface area contributed by atoms with Crippen LogP contribution in [-0.2, 0) is 13.1 Å². The number of hydrogen-bond donors (Lipinski definition) is 2. The Kier molecular flexibility index (Phi) is 6.45. The molecule has 0 aliphatic carbocycles. The third-order valence-corrected chi connectivity index (χ3v) is 7.16. The van der Waals surface area contributed by atoms with Crippen molar-refractivity contribution in [3.8, 4) is 0 Å². The van der Waals surface area contributed by atoms with Crippen molar-refractivity contribution in [3.63, 3.8) is 0 Å². The Bertz CT molecular complexity index is 1290. The van der Waals surface area contributed by atoms with E-state index in [1.165, 1.54) is 23.3 Å². The van der Waals surface area contributed by atoms with Gasteiger partial charge in [-0.15, -0.1) is 0 Å². The van der Waals surface area contributed by atoms with Crippen molar-refractivity contribution in [1.82, 2.24) is 19.8 Å². The maximum atomic E-state index is 13.1. The summed E-state index contributed by atoms with van der Waals surface area (Å²) >= 11 is 0. The van der Waals surface area contributed by atoms with E-state index in [0.717, 1.165) is 42.9 Å². The summed E-state index contributed by atoms with van der Waals surface area (Å²) in [6.07, 6.45) is 3.70. The van der Waals surface area contributed by atoms with Gasteiger partial charge in [-0.3, -0.25) is 9.69 Å². The van der Waals surface area contributed by atoms with E-state index in [4.69, 9.17) is 10.1 Å². The average molecular weight is 486 g/mol. The molecule has 1 aromatic heterocycles. The molecule has 8 nitrogen and oxygen atoms in total. The molecular weight excluding hydrogens is 454 g/mol. The number of carboxylic acids is 1. The molecular formula is C28H31N5O3. The lowest BCUT2D eigenvalue weighted by molar-refractivity contribution is 0.0460. The summed E-state index contributed by atoms with van der Waals surface area (Å²) < 4.78 is 0. The van der Waals surface area contributed by atoms with Crippen molar-refractivity contribution in [2.75, 3.05) is 11.9 Å². The first-order valence-electron chi connectivity index (χ1n) is 12.4. The fourth-order valence-corrected chi connectivity index (χ4v) is 5.37. The molecule has 0 bridgehead atoms. The number of amides is 1. The molecule has 3 aromatic rings. The quantitative estimate of drug-likeness (QED) is 0.547. The predicted molar refractivity (Wildman–Crippen MR) is 137 cm³/mol. The minimum Gasteiger partial charge on any atom is -0.478 e. The summed E-state index contributed by atoms with van der Waals surface area (Å²) in [4.78, 5) is 37.9. The molecule has 2 N–H and O–H groups in total. The maximum absolute atomic E-state index is 13.1. The largest absolute Gasteiger partial charge is 0.478 e. The summed E-state index contributed by atoms with van der Waals surface area (Å²) in [5, 5.41) is 12.4. The van der Waals surface area contributed by atoms with Gasteiger partial charge >= 0.3 is 5.97 Å². The number of hydrogen-bond acceptors (Lipinski definition) is 6. The van der Waals surface area contributed by atoms with Gasteiger partial charge in [0.2, 0.25) is 5.95 Å². The monoisotopic (exact) mass is 485 g/mol. The number of carbonyl (C=O) groups excluding carboxylic acids is 1. The van der Waals surface area contributed by atoms with Crippen molar-refractivity contribution in [3.05, 3.63) is 82.2 Å². The Morgan fingerprint density at radius 1 is 1.03 bits per heavy atom. The molecule has 0 spiro atoms. The van der Waals surface area contributed by atoms with Crippen LogP contribution in [0.5, 0.6) is 0 Å². The van der Waals surface area contributed by atoms with E-state index < -0.39 is 5.97 Å². The highest BCUT2D eigenvalue weighted by atomic mass is 16.4. The van der Waals surface area contributed by atoms with Crippen LogP contribution >= 0.6 is 0 Å². The SMILES string of the molecule is Cc1cc(C)cc(Nc2ncc3c(n2)CN([C@H]2CCN(C(=O)c4ccc(C(=O)O)cc4)[C@@H](C)C2)C3)c1. The summed E-state index contributed by atoms with van der Waals surface area (Å²) in [5.41, 5.74) is 6.31. The Morgan fingerprint density at radius 2 is 1.72 bits per heavy atom. The van der Waals surface area contributed by atoms with Crippen molar-refractivity contribution in [2.45, 2.75) is 58.8 Å². The van der Waals surface area contributed by atoms with E-state index >= 15 is 0 Å². The molecule has 8 heteroatoms. The molecule has 0 radical (unpaired) electrons. The van der Waals surface area contributed by atoms with Gasteiger partial charge in [0.05, 0.1) is 11.3 Å². The third kappa shape index (κ3) is 4.95. The lowest BCUT2D eigenvalue weighted by atomic mass is 9.96. The van der Waals surface area contributed by atoms with Crippen LogP contribution in [-0.4, -0.2) is 55.4 Å². The van der Waals surface area contributed by atoms with E-state index in [2.05, 4.69) is 54.2 Å². The van der Waals surface area contributed by atoms with Gasteiger partial charge in [-0.2, -0.15) is 0 Å². The second-order valence-corrected chi connectivity index (χ2v) is 9.98. The van der Waals surface area contributed by atoms with Gasteiger partial charge in [-0.1, -0.05) is 6.07 Å². The van der Waals surface area contributed by atoms with E-state index in [0.29, 0.717) is 24.1 Å². The second kappa shape index (κ2) is 9.70. The van der Waals surface area contributed by atoms with Crippen LogP contribution in [0.2, 0.25) is 0 Å². The zero-order chi connectivity index (χ0) is 25.4. The Morgan fingerprint density at radius 3 is 2.39 bits per heavy atom. The number of anilines is 2. The topological polar surface area (TPSA) is 98.7 Å². The van der Waals surface area contributed by atoms with Gasteiger partial charge in [0.15, 0.2) is 0 Å². The number of carbonyl (C=O) groups is 2. The molecule has 2 atom stereocenters. The van der Waals surface area contributed by atoms with Crippen LogP contribution in [0.1, 0.15) is 62.9 Å². The van der Waals surface area contributed by atoms with Gasteiger partial charge in [0, 0.05) is 54.7 Å². The van der Waals surface area contributed by atoms with Crippen LogP contribution in [0.4, 0.5) is 11.6 Å². The normalized spacial score (nSPS) is 19.7. The average Bonchev–Trinajstić information content (AvgIpc) is 3.26. The number of carboxylic acid groups (broad SMARTS) is 1. The number of aromatic nitrogens is 2. The van der Waals surface area contributed by atoms with Gasteiger partial charge in [-0.05, 0) is 81.1 Å². The molecule has 1 fully saturated rings. The molecule has 1 saturated heterocycles. The number of nitrogens with one attached hydrogen (secondary N) is 1. The molecule has 2 aromatic carbocycles. The number of fused-ring (bicyclic) bond motifs is 1. The molecule has 2 aliphatic heterocycles. The number of likely N-dealkylation sites (tertiary alicyclic amines) is 1. The lowest BCUT2D eigenvalue weighted by Crippen LogP contribution is -2.50. The van der Waals surface area contributed by atoms with Crippen molar-refractivity contribution in [2.24, 2.45) is 0 Å².